The van der Waals surface area contributed by atoms with Crippen molar-refractivity contribution in [2.45, 2.75) is 6.42 Å². The van der Waals surface area contributed by atoms with Crippen LogP contribution in [0, 0.1) is 0 Å². The Morgan fingerprint density at radius 3 is 2.94 bits per heavy atom. The van der Waals surface area contributed by atoms with Crippen LogP contribution in [0.3, 0.4) is 0 Å². The van der Waals surface area contributed by atoms with E-state index in [4.69, 9.17) is 16.7 Å². The third-order valence-corrected chi connectivity index (χ3v) is 2.22. The van der Waals surface area contributed by atoms with Crippen LogP contribution in [-0.4, -0.2) is 31.2 Å². The zero-order chi connectivity index (χ0) is 11.5. The maximum absolute atomic E-state index is 10.5. The van der Waals surface area contributed by atoms with Crippen molar-refractivity contribution in [2.75, 3.05) is 0 Å². The third-order valence-electron chi connectivity index (χ3n) is 1.90. The molecule has 0 radical (unpaired) electrons. The second kappa shape index (κ2) is 4.28. The predicted octanol–water partition coefficient (Wildman–Crippen LogP) is 1.15. The SMILES string of the molecule is O=C(O)Cc1cnc(-c2ccn[nH]2)nc1Cl. The summed E-state index contributed by atoms with van der Waals surface area (Å²) in [5, 5.41) is 15.2. The van der Waals surface area contributed by atoms with Crippen LogP contribution in [0.5, 0.6) is 0 Å². The predicted molar refractivity (Wildman–Crippen MR) is 56.0 cm³/mol. The lowest BCUT2D eigenvalue weighted by molar-refractivity contribution is -0.136. The lowest BCUT2D eigenvalue weighted by atomic mass is 10.2. The van der Waals surface area contributed by atoms with Crippen LogP contribution in [0.25, 0.3) is 11.5 Å². The standard InChI is InChI=1S/C9H7ClN4O2/c10-8-5(3-7(15)16)4-11-9(13-8)6-1-2-12-14-6/h1-2,4H,3H2,(H,12,14)(H,15,16). The van der Waals surface area contributed by atoms with Crippen molar-refractivity contribution in [1.82, 2.24) is 20.2 Å². The van der Waals surface area contributed by atoms with Crippen LogP contribution in [0.15, 0.2) is 18.5 Å². The van der Waals surface area contributed by atoms with E-state index in [-0.39, 0.29) is 11.6 Å². The molecule has 2 rings (SSSR count). The molecule has 0 spiro atoms. The quantitative estimate of drug-likeness (QED) is 0.783. The summed E-state index contributed by atoms with van der Waals surface area (Å²) in [6, 6.07) is 1.70. The molecule has 0 atom stereocenters. The fourth-order valence-corrected chi connectivity index (χ4v) is 1.37. The van der Waals surface area contributed by atoms with Gasteiger partial charge in [0.15, 0.2) is 5.82 Å². The second-order valence-corrected chi connectivity index (χ2v) is 3.41. The number of carboxylic acid groups (broad SMARTS) is 1. The largest absolute Gasteiger partial charge is 0.481 e. The highest BCUT2D eigenvalue weighted by atomic mass is 35.5. The number of rotatable bonds is 3. The highest BCUT2D eigenvalue weighted by Crippen LogP contribution is 2.17. The van der Waals surface area contributed by atoms with E-state index in [9.17, 15) is 4.79 Å². The van der Waals surface area contributed by atoms with Gasteiger partial charge < -0.3 is 5.11 Å². The van der Waals surface area contributed by atoms with Crippen LogP contribution < -0.4 is 0 Å². The van der Waals surface area contributed by atoms with Crippen molar-refractivity contribution in [3.05, 3.63) is 29.2 Å². The summed E-state index contributed by atoms with van der Waals surface area (Å²) in [7, 11) is 0. The first-order valence-corrected chi connectivity index (χ1v) is 4.77. The molecule has 0 fully saturated rings. The summed E-state index contributed by atoms with van der Waals surface area (Å²) in [6.45, 7) is 0. The van der Waals surface area contributed by atoms with Crippen LogP contribution in [0.1, 0.15) is 5.56 Å². The summed E-state index contributed by atoms with van der Waals surface area (Å²) < 4.78 is 0. The number of carbonyl (C=O) groups is 1. The molecule has 0 aromatic carbocycles. The number of nitrogens with zero attached hydrogens (tertiary/aromatic N) is 3. The first-order chi connectivity index (χ1) is 7.66. The first-order valence-electron chi connectivity index (χ1n) is 4.40. The average molecular weight is 239 g/mol. The van der Waals surface area contributed by atoms with Crippen LogP contribution >= 0.6 is 11.6 Å². The molecule has 0 amide bonds. The van der Waals surface area contributed by atoms with Gasteiger partial charge in [-0.3, -0.25) is 9.89 Å². The molecule has 0 bridgehead atoms. The van der Waals surface area contributed by atoms with E-state index in [0.717, 1.165) is 0 Å². The molecule has 0 aliphatic rings. The Hall–Kier alpha value is -1.95. The molecule has 2 N–H and O–H groups in total. The van der Waals surface area contributed by atoms with Gasteiger partial charge in [0.05, 0.1) is 6.42 Å². The number of hydrogen-bond acceptors (Lipinski definition) is 4. The maximum Gasteiger partial charge on any atom is 0.307 e. The van der Waals surface area contributed by atoms with Crippen molar-refractivity contribution < 1.29 is 9.90 Å². The Kier molecular flexibility index (Phi) is 2.82. The average Bonchev–Trinajstić information content (AvgIpc) is 2.73. The molecule has 2 heterocycles. The Balaban J connectivity index is 2.33. The highest BCUT2D eigenvalue weighted by Gasteiger charge is 2.10. The van der Waals surface area contributed by atoms with Crippen molar-refractivity contribution in [3.8, 4) is 11.5 Å². The van der Waals surface area contributed by atoms with E-state index in [0.29, 0.717) is 17.1 Å². The molecule has 0 unspecified atom stereocenters. The van der Waals surface area contributed by atoms with E-state index < -0.39 is 5.97 Å². The maximum atomic E-state index is 10.5. The van der Waals surface area contributed by atoms with Gasteiger partial charge >= 0.3 is 5.97 Å². The van der Waals surface area contributed by atoms with E-state index in [2.05, 4.69) is 20.2 Å². The molecule has 0 aliphatic heterocycles. The van der Waals surface area contributed by atoms with E-state index in [1.807, 2.05) is 0 Å². The number of aromatic nitrogens is 4. The minimum atomic E-state index is -0.972. The van der Waals surface area contributed by atoms with Crippen LogP contribution in [0.4, 0.5) is 0 Å². The number of carboxylic acids is 1. The summed E-state index contributed by atoms with van der Waals surface area (Å²) in [5.41, 5.74) is 1.02. The van der Waals surface area contributed by atoms with Crippen LogP contribution in [-0.2, 0) is 11.2 Å². The zero-order valence-electron chi connectivity index (χ0n) is 8.01. The summed E-state index contributed by atoms with van der Waals surface area (Å²) >= 11 is 5.84. The number of aromatic amines is 1. The van der Waals surface area contributed by atoms with E-state index >= 15 is 0 Å². The van der Waals surface area contributed by atoms with Gasteiger partial charge in [-0.25, -0.2) is 9.97 Å². The van der Waals surface area contributed by atoms with Gasteiger partial charge in [0, 0.05) is 18.0 Å². The molecule has 82 valence electrons. The van der Waals surface area contributed by atoms with Crippen LogP contribution in [0.2, 0.25) is 5.15 Å². The van der Waals surface area contributed by atoms with E-state index in [1.165, 1.54) is 6.20 Å². The number of hydrogen-bond donors (Lipinski definition) is 2. The van der Waals surface area contributed by atoms with Gasteiger partial charge in [-0.15, -0.1) is 0 Å². The summed E-state index contributed by atoms with van der Waals surface area (Å²) in [4.78, 5) is 18.5. The first kappa shape index (κ1) is 10.6. The smallest absolute Gasteiger partial charge is 0.307 e. The Bertz CT molecular complexity index is 512. The van der Waals surface area contributed by atoms with Crippen molar-refractivity contribution >= 4 is 17.6 Å². The fourth-order valence-electron chi connectivity index (χ4n) is 1.18. The molecule has 0 saturated heterocycles. The molecule has 2 aromatic heterocycles. The van der Waals surface area contributed by atoms with Gasteiger partial charge in [-0.2, -0.15) is 5.10 Å². The third kappa shape index (κ3) is 2.17. The summed E-state index contributed by atoms with van der Waals surface area (Å²) in [6.07, 6.45) is 2.78. The zero-order valence-corrected chi connectivity index (χ0v) is 8.77. The van der Waals surface area contributed by atoms with Crippen molar-refractivity contribution in [3.63, 3.8) is 0 Å². The van der Waals surface area contributed by atoms with Gasteiger partial charge in [-0.05, 0) is 6.07 Å². The Morgan fingerprint density at radius 1 is 1.56 bits per heavy atom. The van der Waals surface area contributed by atoms with Gasteiger partial charge in [0.25, 0.3) is 0 Å². The normalized spacial score (nSPS) is 10.3. The van der Waals surface area contributed by atoms with Gasteiger partial charge in [-0.1, -0.05) is 11.6 Å². The molecule has 0 saturated carbocycles. The molecule has 0 aliphatic carbocycles. The van der Waals surface area contributed by atoms with Crippen molar-refractivity contribution in [2.24, 2.45) is 0 Å². The molecule has 7 heteroatoms. The lowest BCUT2D eigenvalue weighted by Gasteiger charge is -2.01. The number of aliphatic carboxylic acids is 1. The number of halogens is 1. The molecule has 2 aromatic rings. The van der Waals surface area contributed by atoms with E-state index in [1.54, 1.807) is 12.3 Å². The molecule has 6 nitrogen and oxygen atoms in total. The Labute approximate surface area is 95.3 Å². The monoisotopic (exact) mass is 238 g/mol. The minimum absolute atomic E-state index is 0.141. The number of nitrogens with one attached hydrogen (secondary N) is 1. The topological polar surface area (TPSA) is 91.8 Å². The molecular weight excluding hydrogens is 232 g/mol. The Morgan fingerprint density at radius 2 is 2.38 bits per heavy atom. The molecular formula is C9H7ClN4O2. The summed E-state index contributed by atoms with van der Waals surface area (Å²) in [5.74, 6) is -0.587. The van der Waals surface area contributed by atoms with Gasteiger partial charge in [0.2, 0.25) is 0 Å². The highest BCUT2D eigenvalue weighted by molar-refractivity contribution is 6.30. The van der Waals surface area contributed by atoms with Gasteiger partial charge in [0.1, 0.15) is 10.8 Å². The lowest BCUT2D eigenvalue weighted by Crippen LogP contribution is -2.03. The molecule has 16 heavy (non-hydrogen) atoms. The second-order valence-electron chi connectivity index (χ2n) is 3.05. The van der Waals surface area contributed by atoms with Crippen molar-refractivity contribution in [1.29, 1.82) is 0 Å². The minimum Gasteiger partial charge on any atom is -0.481 e. The number of H-pyrrole nitrogens is 1. The fraction of sp³-hybridized carbons (Fsp3) is 0.111.